The van der Waals surface area contributed by atoms with Crippen LogP contribution in [0, 0.1) is 0 Å². The lowest BCUT2D eigenvalue weighted by molar-refractivity contribution is -0.0352. The van der Waals surface area contributed by atoms with Crippen molar-refractivity contribution in [3.8, 4) is 0 Å². The van der Waals surface area contributed by atoms with Gasteiger partial charge in [-0.25, -0.2) is 0 Å². The Kier molecular flexibility index (Phi) is 7.77. The molecule has 3 nitrogen and oxygen atoms in total. The fraction of sp³-hybridized carbons (Fsp3) is 1.00. The van der Waals surface area contributed by atoms with Crippen LogP contribution in [0.2, 0.25) is 0 Å². The summed E-state index contributed by atoms with van der Waals surface area (Å²) in [5.41, 5.74) is 0. The van der Waals surface area contributed by atoms with Crippen LogP contribution >= 0.6 is 0 Å². The molecule has 0 radical (unpaired) electrons. The van der Waals surface area contributed by atoms with E-state index < -0.39 is 0 Å². The number of hydrogen-bond acceptors (Lipinski definition) is 3. The Hall–Kier alpha value is -0.120. The van der Waals surface area contributed by atoms with E-state index in [9.17, 15) is 0 Å². The van der Waals surface area contributed by atoms with Gasteiger partial charge in [0.15, 0.2) is 0 Å². The minimum absolute atomic E-state index is 0.379. The molecule has 0 bridgehead atoms. The SMILES string of the molecule is COCCCOCOC. The van der Waals surface area contributed by atoms with Crippen LogP contribution in [0.5, 0.6) is 0 Å². The standard InChI is InChI=1S/C6H14O3/c1-7-4-3-5-9-6-8-2/h3-6H2,1-2H3. The van der Waals surface area contributed by atoms with Gasteiger partial charge in [0.05, 0.1) is 6.61 Å². The normalized spacial score (nSPS) is 10.0. The summed E-state index contributed by atoms with van der Waals surface area (Å²) in [5, 5.41) is 0. The van der Waals surface area contributed by atoms with E-state index in [-0.39, 0.29) is 0 Å². The van der Waals surface area contributed by atoms with E-state index in [1.807, 2.05) is 0 Å². The van der Waals surface area contributed by atoms with Gasteiger partial charge in [-0.1, -0.05) is 0 Å². The molecular formula is C6H14O3. The molecule has 0 rings (SSSR count). The topological polar surface area (TPSA) is 27.7 Å². The fourth-order valence-corrected chi connectivity index (χ4v) is 0.448. The van der Waals surface area contributed by atoms with Crippen LogP contribution in [0.4, 0.5) is 0 Å². The zero-order chi connectivity index (χ0) is 6.95. The molecule has 0 spiro atoms. The number of hydrogen-bond donors (Lipinski definition) is 0. The minimum atomic E-state index is 0.379. The van der Waals surface area contributed by atoms with Crippen LogP contribution in [0.15, 0.2) is 0 Å². The first-order valence-electron chi connectivity index (χ1n) is 2.97. The lowest BCUT2D eigenvalue weighted by Gasteiger charge is -2.00. The number of ether oxygens (including phenoxy) is 3. The molecule has 0 aliphatic rings. The molecule has 0 aromatic carbocycles. The highest BCUT2D eigenvalue weighted by molar-refractivity contribution is 4.29. The zero-order valence-electron chi connectivity index (χ0n) is 6.05. The molecular weight excluding hydrogens is 120 g/mol. The van der Waals surface area contributed by atoms with Gasteiger partial charge in [0.25, 0.3) is 0 Å². The van der Waals surface area contributed by atoms with Gasteiger partial charge in [0, 0.05) is 20.8 Å². The van der Waals surface area contributed by atoms with Crippen LogP contribution in [-0.4, -0.2) is 34.2 Å². The Morgan fingerprint density at radius 3 is 2.33 bits per heavy atom. The molecule has 0 aliphatic heterocycles. The highest BCUT2D eigenvalue weighted by Crippen LogP contribution is 1.82. The van der Waals surface area contributed by atoms with Crippen molar-refractivity contribution in [2.75, 3.05) is 34.2 Å². The third kappa shape index (κ3) is 7.88. The predicted octanol–water partition coefficient (Wildman–Crippen LogP) is 0.643. The van der Waals surface area contributed by atoms with Crippen LogP contribution in [0.1, 0.15) is 6.42 Å². The summed E-state index contributed by atoms with van der Waals surface area (Å²) in [7, 11) is 3.28. The molecule has 56 valence electrons. The Labute approximate surface area is 55.9 Å². The summed E-state index contributed by atoms with van der Waals surface area (Å²) in [6, 6.07) is 0. The van der Waals surface area contributed by atoms with Gasteiger partial charge in [0.2, 0.25) is 0 Å². The summed E-state index contributed by atoms with van der Waals surface area (Å²) in [4.78, 5) is 0. The first kappa shape index (κ1) is 8.88. The lowest BCUT2D eigenvalue weighted by atomic mass is 10.5. The summed E-state index contributed by atoms with van der Waals surface area (Å²) in [5.74, 6) is 0. The van der Waals surface area contributed by atoms with E-state index in [0.717, 1.165) is 13.0 Å². The summed E-state index contributed by atoms with van der Waals surface area (Å²) < 4.78 is 14.4. The van der Waals surface area contributed by atoms with Crippen LogP contribution < -0.4 is 0 Å². The quantitative estimate of drug-likeness (QED) is 0.394. The fourth-order valence-electron chi connectivity index (χ4n) is 0.448. The van der Waals surface area contributed by atoms with Crippen LogP contribution in [0.3, 0.4) is 0 Å². The largest absolute Gasteiger partial charge is 0.385 e. The Bertz CT molecular complexity index is 41.6. The van der Waals surface area contributed by atoms with Crippen molar-refractivity contribution in [2.24, 2.45) is 0 Å². The van der Waals surface area contributed by atoms with Gasteiger partial charge in [-0.2, -0.15) is 0 Å². The third-order valence-electron chi connectivity index (χ3n) is 0.838. The molecule has 0 heterocycles. The van der Waals surface area contributed by atoms with Gasteiger partial charge < -0.3 is 14.2 Å². The van der Waals surface area contributed by atoms with Gasteiger partial charge in [-0.15, -0.1) is 0 Å². The molecule has 0 aromatic heterocycles. The van der Waals surface area contributed by atoms with E-state index >= 15 is 0 Å². The monoisotopic (exact) mass is 134 g/mol. The lowest BCUT2D eigenvalue weighted by Crippen LogP contribution is -2.01. The van der Waals surface area contributed by atoms with E-state index in [4.69, 9.17) is 9.47 Å². The van der Waals surface area contributed by atoms with E-state index in [0.29, 0.717) is 13.4 Å². The summed E-state index contributed by atoms with van der Waals surface area (Å²) in [6.07, 6.45) is 0.930. The van der Waals surface area contributed by atoms with Crippen molar-refractivity contribution in [2.45, 2.75) is 6.42 Å². The van der Waals surface area contributed by atoms with Gasteiger partial charge >= 0.3 is 0 Å². The maximum Gasteiger partial charge on any atom is 0.146 e. The second-order valence-corrected chi connectivity index (χ2v) is 1.66. The van der Waals surface area contributed by atoms with E-state index in [1.54, 1.807) is 14.2 Å². The van der Waals surface area contributed by atoms with Crippen LogP contribution in [0.25, 0.3) is 0 Å². The average Bonchev–Trinajstić information content (AvgIpc) is 1.89. The highest BCUT2D eigenvalue weighted by Gasteiger charge is 1.84. The summed E-state index contributed by atoms with van der Waals surface area (Å²) in [6.45, 7) is 1.84. The van der Waals surface area contributed by atoms with Crippen LogP contribution in [-0.2, 0) is 14.2 Å². The first-order chi connectivity index (χ1) is 4.41. The van der Waals surface area contributed by atoms with Crippen molar-refractivity contribution >= 4 is 0 Å². The van der Waals surface area contributed by atoms with Crippen molar-refractivity contribution in [3.63, 3.8) is 0 Å². The maximum absolute atomic E-state index is 4.98. The Morgan fingerprint density at radius 1 is 1.00 bits per heavy atom. The van der Waals surface area contributed by atoms with E-state index in [1.165, 1.54) is 0 Å². The third-order valence-corrected chi connectivity index (χ3v) is 0.838. The molecule has 3 heteroatoms. The van der Waals surface area contributed by atoms with Gasteiger partial charge in [-0.05, 0) is 6.42 Å². The minimum Gasteiger partial charge on any atom is -0.385 e. The summed E-state index contributed by atoms with van der Waals surface area (Å²) >= 11 is 0. The molecule has 0 amide bonds. The molecule has 0 atom stereocenters. The molecule has 0 aromatic rings. The molecule has 9 heavy (non-hydrogen) atoms. The number of rotatable bonds is 6. The highest BCUT2D eigenvalue weighted by atomic mass is 16.7. The molecule has 0 N–H and O–H groups in total. The second-order valence-electron chi connectivity index (χ2n) is 1.66. The van der Waals surface area contributed by atoms with Crippen molar-refractivity contribution < 1.29 is 14.2 Å². The van der Waals surface area contributed by atoms with Crippen molar-refractivity contribution in [1.29, 1.82) is 0 Å². The molecule has 0 fully saturated rings. The number of methoxy groups -OCH3 is 2. The van der Waals surface area contributed by atoms with Crippen molar-refractivity contribution in [3.05, 3.63) is 0 Å². The van der Waals surface area contributed by atoms with Crippen molar-refractivity contribution in [1.82, 2.24) is 0 Å². The molecule has 0 unspecified atom stereocenters. The molecule has 0 saturated carbocycles. The molecule has 0 aliphatic carbocycles. The molecule has 0 saturated heterocycles. The maximum atomic E-state index is 4.98. The zero-order valence-corrected chi connectivity index (χ0v) is 6.05. The smallest absolute Gasteiger partial charge is 0.146 e. The second kappa shape index (κ2) is 7.88. The Balaban J connectivity index is 2.60. The van der Waals surface area contributed by atoms with Gasteiger partial charge in [-0.3, -0.25) is 0 Å². The van der Waals surface area contributed by atoms with Gasteiger partial charge in [0.1, 0.15) is 6.79 Å². The first-order valence-corrected chi connectivity index (χ1v) is 2.97. The average molecular weight is 134 g/mol. The predicted molar refractivity (Wildman–Crippen MR) is 34.3 cm³/mol. The Morgan fingerprint density at radius 2 is 1.78 bits per heavy atom. The van der Waals surface area contributed by atoms with E-state index in [2.05, 4.69) is 4.74 Å².